The van der Waals surface area contributed by atoms with Crippen molar-refractivity contribution in [3.8, 4) is 0 Å². The van der Waals surface area contributed by atoms with Gasteiger partial charge in [-0.15, -0.1) is 11.3 Å². The monoisotopic (exact) mass is 209 g/mol. The Bertz CT molecular complexity index is 541. The van der Waals surface area contributed by atoms with Crippen LogP contribution in [0.15, 0.2) is 11.1 Å². The second-order valence-electron chi connectivity index (χ2n) is 3.20. The van der Waals surface area contributed by atoms with Crippen LogP contribution in [-0.2, 0) is 13.6 Å². The fourth-order valence-corrected chi connectivity index (χ4v) is 2.46. The molecule has 2 aromatic rings. The van der Waals surface area contributed by atoms with Crippen molar-refractivity contribution in [2.24, 2.45) is 12.8 Å². The van der Waals surface area contributed by atoms with Crippen LogP contribution in [0.3, 0.4) is 0 Å². The van der Waals surface area contributed by atoms with E-state index in [9.17, 15) is 4.79 Å². The Morgan fingerprint density at radius 1 is 1.64 bits per heavy atom. The third kappa shape index (κ3) is 1.17. The zero-order valence-electron chi connectivity index (χ0n) is 8.07. The lowest BCUT2D eigenvalue weighted by Gasteiger charge is -1.95. The van der Waals surface area contributed by atoms with E-state index >= 15 is 0 Å². The fraction of sp³-hybridized carbons (Fsp3) is 0.333. The van der Waals surface area contributed by atoms with Crippen LogP contribution in [-0.4, -0.2) is 9.55 Å². The molecule has 0 aliphatic rings. The molecular formula is C9H11N3OS. The first kappa shape index (κ1) is 9.36. The van der Waals surface area contributed by atoms with E-state index in [2.05, 4.69) is 4.98 Å². The smallest absolute Gasteiger partial charge is 0.262 e. The summed E-state index contributed by atoms with van der Waals surface area (Å²) in [6.45, 7) is 2.39. The van der Waals surface area contributed by atoms with Crippen molar-refractivity contribution >= 4 is 21.6 Å². The number of fused-ring (bicyclic) bond motifs is 1. The quantitative estimate of drug-likeness (QED) is 0.754. The highest BCUT2D eigenvalue weighted by atomic mass is 32.1. The minimum atomic E-state index is 0.00319. The lowest BCUT2D eigenvalue weighted by molar-refractivity contribution is 0.843. The van der Waals surface area contributed by atoms with Gasteiger partial charge in [-0.05, 0) is 12.5 Å². The molecule has 2 heterocycles. The van der Waals surface area contributed by atoms with Crippen molar-refractivity contribution in [2.45, 2.75) is 13.5 Å². The molecule has 0 fully saturated rings. The predicted octanol–water partition coefficient (Wildman–Crippen LogP) is 0.762. The Kier molecular flexibility index (Phi) is 2.13. The number of rotatable bonds is 1. The molecule has 2 rings (SSSR count). The van der Waals surface area contributed by atoms with E-state index in [1.54, 1.807) is 13.4 Å². The van der Waals surface area contributed by atoms with Crippen LogP contribution in [0.2, 0.25) is 0 Å². The molecule has 2 aromatic heterocycles. The minimum absolute atomic E-state index is 0.00319. The normalized spacial score (nSPS) is 11.1. The topological polar surface area (TPSA) is 60.9 Å². The predicted molar refractivity (Wildman–Crippen MR) is 57.5 cm³/mol. The number of hydrogen-bond acceptors (Lipinski definition) is 4. The number of hydrogen-bond donors (Lipinski definition) is 1. The Morgan fingerprint density at radius 3 is 3.00 bits per heavy atom. The first-order valence-electron chi connectivity index (χ1n) is 4.28. The number of nitrogens with two attached hydrogens (primary N) is 1. The molecule has 4 nitrogen and oxygen atoms in total. The molecule has 0 bridgehead atoms. The van der Waals surface area contributed by atoms with Gasteiger partial charge in [0.1, 0.15) is 4.83 Å². The minimum Gasteiger partial charge on any atom is -0.326 e. The largest absolute Gasteiger partial charge is 0.326 e. The van der Waals surface area contributed by atoms with Crippen molar-refractivity contribution in [3.63, 3.8) is 0 Å². The van der Waals surface area contributed by atoms with Gasteiger partial charge in [0.05, 0.1) is 11.7 Å². The molecule has 74 valence electrons. The zero-order chi connectivity index (χ0) is 10.3. The summed E-state index contributed by atoms with van der Waals surface area (Å²) in [5.74, 6) is 0. The van der Waals surface area contributed by atoms with Crippen molar-refractivity contribution in [2.75, 3.05) is 0 Å². The van der Waals surface area contributed by atoms with Crippen LogP contribution in [0.25, 0.3) is 10.2 Å². The maximum Gasteiger partial charge on any atom is 0.262 e. The molecule has 0 aliphatic heterocycles. The van der Waals surface area contributed by atoms with E-state index in [0.717, 1.165) is 15.3 Å². The Hall–Kier alpha value is -1.20. The summed E-state index contributed by atoms with van der Waals surface area (Å²) in [6.07, 6.45) is 1.54. The summed E-state index contributed by atoms with van der Waals surface area (Å²) in [6, 6.07) is 0. The first-order chi connectivity index (χ1) is 6.65. The van der Waals surface area contributed by atoms with Gasteiger partial charge in [0, 0.05) is 18.5 Å². The molecule has 0 saturated carbocycles. The molecule has 0 spiro atoms. The van der Waals surface area contributed by atoms with E-state index in [1.165, 1.54) is 15.9 Å². The number of thiophene rings is 1. The number of aryl methyl sites for hydroxylation is 2. The van der Waals surface area contributed by atoms with E-state index < -0.39 is 0 Å². The van der Waals surface area contributed by atoms with Crippen LogP contribution in [0.1, 0.15) is 10.4 Å². The maximum atomic E-state index is 11.8. The molecule has 0 saturated heterocycles. The Labute approximate surface area is 85.0 Å². The third-order valence-electron chi connectivity index (χ3n) is 2.29. The lowest BCUT2D eigenvalue weighted by Crippen LogP contribution is -2.16. The van der Waals surface area contributed by atoms with Gasteiger partial charge in [-0.3, -0.25) is 4.79 Å². The Morgan fingerprint density at radius 2 is 2.36 bits per heavy atom. The van der Waals surface area contributed by atoms with Gasteiger partial charge in [-0.25, -0.2) is 4.98 Å². The van der Waals surface area contributed by atoms with Crippen LogP contribution >= 0.6 is 11.3 Å². The SMILES string of the molecule is Cc1c(CN)sc2ncn(C)c(=O)c12. The van der Waals surface area contributed by atoms with Gasteiger partial charge in [0.25, 0.3) is 5.56 Å². The fourth-order valence-electron chi connectivity index (χ4n) is 1.45. The summed E-state index contributed by atoms with van der Waals surface area (Å²) in [4.78, 5) is 17.8. The standard InChI is InChI=1S/C9H11N3OS/c1-5-6(3-10)14-8-7(5)9(13)12(2)4-11-8/h4H,3,10H2,1-2H3. The summed E-state index contributed by atoms with van der Waals surface area (Å²) in [5.41, 5.74) is 6.55. The molecule has 0 amide bonds. The zero-order valence-corrected chi connectivity index (χ0v) is 8.89. The van der Waals surface area contributed by atoms with E-state index in [0.29, 0.717) is 11.9 Å². The van der Waals surface area contributed by atoms with E-state index in [1.807, 2.05) is 6.92 Å². The van der Waals surface area contributed by atoms with Gasteiger partial charge < -0.3 is 10.3 Å². The van der Waals surface area contributed by atoms with Crippen LogP contribution in [0.5, 0.6) is 0 Å². The van der Waals surface area contributed by atoms with Crippen molar-refractivity contribution in [1.29, 1.82) is 0 Å². The van der Waals surface area contributed by atoms with Gasteiger partial charge in [0.2, 0.25) is 0 Å². The average Bonchev–Trinajstić information content (AvgIpc) is 2.50. The highest BCUT2D eigenvalue weighted by Gasteiger charge is 2.11. The van der Waals surface area contributed by atoms with Gasteiger partial charge >= 0.3 is 0 Å². The van der Waals surface area contributed by atoms with Crippen molar-refractivity contribution < 1.29 is 0 Å². The lowest BCUT2D eigenvalue weighted by atomic mass is 10.2. The summed E-state index contributed by atoms with van der Waals surface area (Å²) < 4.78 is 1.49. The van der Waals surface area contributed by atoms with Gasteiger partial charge in [-0.2, -0.15) is 0 Å². The number of nitrogens with zero attached hydrogens (tertiary/aromatic N) is 2. The summed E-state index contributed by atoms with van der Waals surface area (Å²) in [5, 5.41) is 0.709. The highest BCUT2D eigenvalue weighted by Crippen LogP contribution is 2.25. The van der Waals surface area contributed by atoms with Gasteiger partial charge in [0.15, 0.2) is 0 Å². The molecule has 2 N–H and O–H groups in total. The van der Waals surface area contributed by atoms with Gasteiger partial charge in [-0.1, -0.05) is 0 Å². The molecule has 5 heteroatoms. The van der Waals surface area contributed by atoms with E-state index in [-0.39, 0.29) is 5.56 Å². The second kappa shape index (κ2) is 3.18. The average molecular weight is 209 g/mol. The molecule has 0 atom stereocenters. The molecule has 0 aromatic carbocycles. The van der Waals surface area contributed by atoms with Crippen molar-refractivity contribution in [1.82, 2.24) is 9.55 Å². The summed E-state index contributed by atoms with van der Waals surface area (Å²) in [7, 11) is 1.70. The Balaban J connectivity index is 2.94. The van der Waals surface area contributed by atoms with Crippen LogP contribution < -0.4 is 11.3 Å². The molecular weight excluding hydrogens is 198 g/mol. The van der Waals surface area contributed by atoms with Crippen molar-refractivity contribution in [3.05, 3.63) is 27.1 Å². The molecule has 0 unspecified atom stereocenters. The summed E-state index contributed by atoms with van der Waals surface area (Å²) >= 11 is 1.50. The first-order valence-corrected chi connectivity index (χ1v) is 5.10. The molecule has 0 aliphatic carbocycles. The van der Waals surface area contributed by atoms with Crippen LogP contribution in [0.4, 0.5) is 0 Å². The van der Waals surface area contributed by atoms with Crippen LogP contribution in [0, 0.1) is 6.92 Å². The molecule has 0 radical (unpaired) electrons. The third-order valence-corrected chi connectivity index (χ3v) is 3.52. The maximum absolute atomic E-state index is 11.8. The molecule has 14 heavy (non-hydrogen) atoms. The van der Waals surface area contributed by atoms with E-state index in [4.69, 9.17) is 5.73 Å². The second-order valence-corrected chi connectivity index (χ2v) is 4.28. The number of aromatic nitrogens is 2. The highest BCUT2D eigenvalue weighted by molar-refractivity contribution is 7.18.